The van der Waals surface area contributed by atoms with Crippen LogP contribution < -0.4 is 5.43 Å². The van der Waals surface area contributed by atoms with Gasteiger partial charge in [0.15, 0.2) is 0 Å². The molecule has 1 N–H and O–H groups in total. The molecule has 0 spiro atoms. The van der Waals surface area contributed by atoms with E-state index in [-0.39, 0.29) is 11.8 Å². The first-order valence-electron chi connectivity index (χ1n) is 9.24. The fourth-order valence-electron chi connectivity index (χ4n) is 3.60. The van der Waals surface area contributed by atoms with E-state index in [1.165, 1.54) is 0 Å². The van der Waals surface area contributed by atoms with Gasteiger partial charge in [0.25, 0.3) is 5.91 Å². The van der Waals surface area contributed by atoms with E-state index in [1.807, 2.05) is 30.5 Å². The minimum Gasteiger partial charge on any atom is -0.333 e. The minimum absolute atomic E-state index is 0.0813. The molecule has 140 valence electrons. The monoisotopic (exact) mass is 357 g/mol. The van der Waals surface area contributed by atoms with Gasteiger partial charge >= 0.3 is 0 Å². The third-order valence-electron chi connectivity index (χ3n) is 5.30. The second-order valence-corrected chi connectivity index (χ2v) is 7.20. The molecular weight excluding hydrogens is 330 g/mol. The Labute approximate surface area is 154 Å². The van der Waals surface area contributed by atoms with Crippen LogP contribution in [-0.4, -0.2) is 38.8 Å². The van der Waals surface area contributed by atoms with Crippen LogP contribution in [0.15, 0.2) is 17.3 Å². The minimum atomic E-state index is -0.135. The number of aryl methyl sites for hydroxylation is 2. The number of nitrogens with zero attached hydrogens (tertiary/aromatic N) is 4. The van der Waals surface area contributed by atoms with Crippen LogP contribution in [-0.2, 0) is 23.2 Å². The number of rotatable bonds is 5. The van der Waals surface area contributed by atoms with Crippen LogP contribution in [0.1, 0.15) is 49.1 Å². The average Bonchev–Trinajstić information content (AvgIpc) is 2.88. The Hall–Kier alpha value is -2.44. The highest BCUT2D eigenvalue weighted by Crippen LogP contribution is 2.22. The van der Waals surface area contributed by atoms with Gasteiger partial charge in [0.1, 0.15) is 5.71 Å². The molecule has 0 saturated carbocycles. The number of aromatic nitrogens is 2. The van der Waals surface area contributed by atoms with Crippen molar-refractivity contribution in [2.75, 3.05) is 6.54 Å². The van der Waals surface area contributed by atoms with Gasteiger partial charge in [-0.2, -0.15) is 10.2 Å². The van der Waals surface area contributed by atoms with E-state index in [0.29, 0.717) is 37.6 Å². The van der Waals surface area contributed by atoms with Crippen molar-refractivity contribution in [3.05, 3.63) is 29.1 Å². The van der Waals surface area contributed by atoms with E-state index >= 15 is 0 Å². The molecule has 7 heteroatoms. The highest BCUT2D eigenvalue weighted by molar-refractivity contribution is 6.39. The predicted molar refractivity (Wildman–Crippen MR) is 99.4 cm³/mol. The summed E-state index contributed by atoms with van der Waals surface area (Å²) < 4.78 is 1.86. The van der Waals surface area contributed by atoms with Crippen LogP contribution in [0.2, 0.25) is 0 Å². The van der Waals surface area contributed by atoms with Crippen molar-refractivity contribution in [2.24, 2.45) is 18.1 Å². The summed E-state index contributed by atoms with van der Waals surface area (Å²) in [6.07, 6.45) is 8.28. The van der Waals surface area contributed by atoms with Crippen molar-refractivity contribution < 1.29 is 9.59 Å². The molecule has 3 rings (SSSR count). The van der Waals surface area contributed by atoms with Crippen molar-refractivity contribution >= 4 is 17.5 Å². The van der Waals surface area contributed by atoms with E-state index in [0.717, 1.165) is 36.2 Å². The molecule has 2 heterocycles. The van der Waals surface area contributed by atoms with Crippen LogP contribution in [0.25, 0.3) is 0 Å². The Kier molecular flexibility index (Phi) is 5.54. The van der Waals surface area contributed by atoms with E-state index in [1.54, 1.807) is 0 Å². The first-order valence-corrected chi connectivity index (χ1v) is 9.24. The van der Waals surface area contributed by atoms with Crippen LogP contribution in [0.3, 0.4) is 0 Å². The van der Waals surface area contributed by atoms with E-state index in [2.05, 4.69) is 27.8 Å². The number of hydrogen-bond donors (Lipinski definition) is 1. The normalized spacial score (nSPS) is 19.9. The fourth-order valence-corrected chi connectivity index (χ4v) is 3.60. The molecule has 26 heavy (non-hydrogen) atoms. The zero-order valence-electron chi connectivity index (χ0n) is 15.8. The Balaban J connectivity index is 1.82. The average molecular weight is 357 g/mol. The summed E-state index contributed by atoms with van der Waals surface area (Å²) in [5.74, 6) is 0.242. The van der Waals surface area contributed by atoms with Crippen LogP contribution in [0, 0.1) is 19.8 Å². The number of amides is 2. The third-order valence-corrected chi connectivity index (χ3v) is 5.30. The SMILES string of the molecule is Cc1nn(C)c(C)c1CN(CC1CC=CCC1)C(=O)C1=NNC(=O)CC1. The highest BCUT2D eigenvalue weighted by atomic mass is 16.2. The van der Waals surface area contributed by atoms with Gasteiger partial charge in [-0.3, -0.25) is 14.3 Å². The Morgan fingerprint density at radius 2 is 2.15 bits per heavy atom. The van der Waals surface area contributed by atoms with Gasteiger partial charge < -0.3 is 4.90 Å². The molecular formula is C19H27N5O2. The van der Waals surface area contributed by atoms with Gasteiger partial charge in [-0.15, -0.1) is 0 Å². The van der Waals surface area contributed by atoms with Crippen molar-refractivity contribution in [3.8, 4) is 0 Å². The number of hydrazone groups is 1. The van der Waals surface area contributed by atoms with Crippen molar-refractivity contribution in [1.82, 2.24) is 20.1 Å². The molecule has 1 aromatic rings. The molecule has 1 aromatic heterocycles. The Bertz CT molecular complexity index is 762. The van der Waals surface area contributed by atoms with Crippen molar-refractivity contribution in [3.63, 3.8) is 0 Å². The first kappa shape index (κ1) is 18.4. The van der Waals surface area contributed by atoms with E-state index in [4.69, 9.17) is 0 Å². The van der Waals surface area contributed by atoms with Gasteiger partial charge in [0, 0.05) is 44.2 Å². The molecule has 2 aliphatic rings. The molecule has 0 fully saturated rings. The lowest BCUT2D eigenvalue weighted by Gasteiger charge is -2.29. The number of carbonyl (C=O) groups is 2. The number of allylic oxidation sites excluding steroid dienone is 2. The highest BCUT2D eigenvalue weighted by Gasteiger charge is 2.27. The number of carbonyl (C=O) groups excluding carboxylic acids is 2. The summed E-state index contributed by atoms with van der Waals surface area (Å²) in [7, 11) is 1.92. The largest absolute Gasteiger partial charge is 0.333 e. The second-order valence-electron chi connectivity index (χ2n) is 7.20. The lowest BCUT2D eigenvalue weighted by Crippen LogP contribution is -2.42. The maximum absolute atomic E-state index is 13.1. The summed E-state index contributed by atoms with van der Waals surface area (Å²) in [6, 6.07) is 0. The summed E-state index contributed by atoms with van der Waals surface area (Å²) in [5, 5.41) is 8.48. The molecule has 1 atom stereocenters. The van der Waals surface area contributed by atoms with Crippen molar-refractivity contribution in [1.29, 1.82) is 0 Å². The summed E-state index contributed by atoms with van der Waals surface area (Å²) >= 11 is 0. The lowest BCUT2D eigenvalue weighted by molar-refractivity contribution is -0.125. The quantitative estimate of drug-likeness (QED) is 0.819. The third kappa shape index (κ3) is 4.03. The fraction of sp³-hybridized carbons (Fsp3) is 0.579. The van der Waals surface area contributed by atoms with Crippen LogP contribution >= 0.6 is 0 Å². The molecule has 0 bridgehead atoms. The van der Waals surface area contributed by atoms with Gasteiger partial charge in [-0.25, -0.2) is 5.43 Å². The van der Waals surface area contributed by atoms with E-state index in [9.17, 15) is 9.59 Å². The van der Waals surface area contributed by atoms with Crippen LogP contribution in [0.4, 0.5) is 0 Å². The molecule has 1 unspecified atom stereocenters. The predicted octanol–water partition coefficient (Wildman–Crippen LogP) is 1.99. The molecule has 2 amide bonds. The standard InChI is InChI=1S/C19H27N5O2/c1-13-16(14(2)23(3)22-13)12-24(11-15-7-5-4-6-8-15)19(26)17-9-10-18(25)21-20-17/h4-5,15H,6-12H2,1-3H3,(H,21,25). The molecule has 7 nitrogen and oxygen atoms in total. The molecule has 0 aromatic carbocycles. The number of nitrogens with one attached hydrogen (secondary N) is 1. The Morgan fingerprint density at radius 1 is 1.35 bits per heavy atom. The van der Waals surface area contributed by atoms with Gasteiger partial charge in [-0.1, -0.05) is 12.2 Å². The molecule has 1 aliphatic carbocycles. The lowest BCUT2D eigenvalue weighted by atomic mass is 9.93. The zero-order chi connectivity index (χ0) is 18.7. The van der Waals surface area contributed by atoms with E-state index < -0.39 is 0 Å². The summed E-state index contributed by atoms with van der Waals surface area (Å²) in [5.41, 5.74) is 5.99. The topological polar surface area (TPSA) is 79.6 Å². The van der Waals surface area contributed by atoms with Gasteiger partial charge in [0.2, 0.25) is 5.91 Å². The summed E-state index contributed by atoms with van der Waals surface area (Å²) in [6.45, 7) is 5.23. The Morgan fingerprint density at radius 3 is 2.73 bits per heavy atom. The van der Waals surface area contributed by atoms with Gasteiger partial charge in [0.05, 0.1) is 5.69 Å². The molecule has 0 saturated heterocycles. The first-order chi connectivity index (χ1) is 12.5. The maximum Gasteiger partial charge on any atom is 0.270 e. The molecule has 1 aliphatic heterocycles. The van der Waals surface area contributed by atoms with Crippen molar-refractivity contribution in [2.45, 2.75) is 52.5 Å². The van der Waals surface area contributed by atoms with Gasteiger partial charge in [-0.05, 0) is 39.0 Å². The maximum atomic E-state index is 13.1. The molecule has 0 radical (unpaired) electrons. The summed E-state index contributed by atoms with van der Waals surface area (Å²) in [4.78, 5) is 26.3. The van der Waals surface area contributed by atoms with Crippen LogP contribution in [0.5, 0.6) is 0 Å². The second kappa shape index (κ2) is 7.85. The number of hydrogen-bond acceptors (Lipinski definition) is 4. The zero-order valence-corrected chi connectivity index (χ0v) is 15.8. The smallest absolute Gasteiger partial charge is 0.270 e.